The molecular formula is C20H23NO2. The van der Waals surface area contributed by atoms with Crippen LogP contribution in [-0.2, 0) is 9.53 Å². The second-order valence-electron chi connectivity index (χ2n) is 6.12. The van der Waals surface area contributed by atoms with Crippen LogP contribution in [0, 0.1) is 0 Å². The van der Waals surface area contributed by atoms with E-state index in [0.717, 1.165) is 30.5 Å². The van der Waals surface area contributed by atoms with Crippen molar-refractivity contribution in [3.05, 3.63) is 71.8 Å². The third-order valence-corrected chi connectivity index (χ3v) is 4.46. The molecule has 3 heteroatoms. The third-order valence-electron chi connectivity index (χ3n) is 4.46. The molecule has 0 radical (unpaired) electrons. The number of benzene rings is 2. The lowest BCUT2D eigenvalue weighted by Gasteiger charge is -2.32. The van der Waals surface area contributed by atoms with Crippen LogP contribution in [0.1, 0.15) is 36.3 Å². The quantitative estimate of drug-likeness (QED) is 0.805. The van der Waals surface area contributed by atoms with Gasteiger partial charge in [-0.1, -0.05) is 60.7 Å². The van der Waals surface area contributed by atoms with E-state index in [2.05, 4.69) is 4.90 Å². The number of carbonyl (C=O) groups is 1. The highest BCUT2D eigenvalue weighted by molar-refractivity contribution is 5.82. The van der Waals surface area contributed by atoms with Gasteiger partial charge in [-0.3, -0.25) is 9.69 Å². The molecule has 0 spiro atoms. The minimum atomic E-state index is -0.368. The van der Waals surface area contributed by atoms with Gasteiger partial charge in [-0.2, -0.15) is 0 Å². The average molecular weight is 309 g/mol. The molecule has 1 aliphatic rings. The monoisotopic (exact) mass is 309 g/mol. The summed E-state index contributed by atoms with van der Waals surface area (Å²) in [4.78, 5) is 15.0. The fraction of sp³-hybridized carbons (Fsp3) is 0.350. The summed E-state index contributed by atoms with van der Waals surface area (Å²) < 4.78 is 5.86. The molecule has 1 unspecified atom stereocenters. The van der Waals surface area contributed by atoms with Gasteiger partial charge in [0.1, 0.15) is 5.92 Å². The van der Waals surface area contributed by atoms with Crippen LogP contribution >= 0.6 is 0 Å². The number of piperidine rings is 1. The van der Waals surface area contributed by atoms with Crippen LogP contribution in [0.25, 0.3) is 0 Å². The van der Waals surface area contributed by atoms with Crippen molar-refractivity contribution in [2.45, 2.75) is 31.4 Å². The molecule has 0 aliphatic carbocycles. The van der Waals surface area contributed by atoms with Gasteiger partial charge in [0.25, 0.3) is 0 Å². The first-order chi connectivity index (χ1) is 11.3. The molecule has 1 heterocycles. The Kier molecular flexibility index (Phi) is 5.09. The largest absolute Gasteiger partial charge is 0.446 e. The van der Waals surface area contributed by atoms with Crippen LogP contribution in [0.15, 0.2) is 60.7 Å². The number of ether oxygens (including phenoxy) is 1. The van der Waals surface area contributed by atoms with Crippen LogP contribution in [0.5, 0.6) is 0 Å². The molecule has 1 atom stereocenters. The fourth-order valence-electron chi connectivity index (χ4n) is 3.15. The van der Waals surface area contributed by atoms with Crippen molar-refractivity contribution >= 4 is 5.97 Å². The van der Waals surface area contributed by atoms with Gasteiger partial charge in [0.15, 0.2) is 6.23 Å². The van der Waals surface area contributed by atoms with Gasteiger partial charge in [0, 0.05) is 6.54 Å². The summed E-state index contributed by atoms with van der Waals surface area (Å²) in [7, 11) is 2.02. The molecule has 0 bridgehead atoms. The van der Waals surface area contributed by atoms with Crippen molar-refractivity contribution in [2.24, 2.45) is 0 Å². The van der Waals surface area contributed by atoms with Crippen molar-refractivity contribution in [3.8, 4) is 0 Å². The summed E-state index contributed by atoms with van der Waals surface area (Å²) in [5.41, 5.74) is 1.95. The highest BCUT2D eigenvalue weighted by Crippen LogP contribution is 2.28. The van der Waals surface area contributed by atoms with E-state index in [1.807, 2.05) is 67.7 Å². The van der Waals surface area contributed by atoms with Gasteiger partial charge in [-0.25, -0.2) is 0 Å². The van der Waals surface area contributed by atoms with E-state index in [0.29, 0.717) is 0 Å². The Balaban J connectivity index is 1.85. The van der Waals surface area contributed by atoms with Crippen molar-refractivity contribution in [3.63, 3.8) is 0 Å². The van der Waals surface area contributed by atoms with Crippen LogP contribution in [0.3, 0.4) is 0 Å². The zero-order valence-electron chi connectivity index (χ0n) is 13.5. The van der Waals surface area contributed by atoms with E-state index >= 15 is 0 Å². The lowest BCUT2D eigenvalue weighted by molar-refractivity contribution is -0.161. The normalized spacial score (nSPS) is 18.8. The maximum atomic E-state index is 12.9. The standard InChI is InChI=1S/C20H23NO2/c1-21-15-9-8-14-18(21)23-20(22)19(16-10-4-2-5-11-16)17-12-6-3-7-13-17/h2-7,10-13,18-19H,8-9,14-15H2,1H3. The molecule has 1 saturated heterocycles. The molecule has 0 saturated carbocycles. The van der Waals surface area contributed by atoms with Crippen molar-refractivity contribution in [2.75, 3.05) is 13.6 Å². The molecule has 0 N–H and O–H groups in total. The number of hydrogen-bond acceptors (Lipinski definition) is 3. The maximum absolute atomic E-state index is 12.9. The van der Waals surface area contributed by atoms with Crippen molar-refractivity contribution in [1.29, 1.82) is 0 Å². The summed E-state index contributed by atoms with van der Waals surface area (Å²) in [5, 5.41) is 0. The van der Waals surface area contributed by atoms with Gasteiger partial charge in [-0.05, 0) is 37.4 Å². The van der Waals surface area contributed by atoms with Crippen molar-refractivity contribution < 1.29 is 9.53 Å². The molecule has 3 rings (SSSR count). The van der Waals surface area contributed by atoms with E-state index in [9.17, 15) is 4.79 Å². The number of likely N-dealkylation sites (tertiary alicyclic amines) is 1. The van der Waals surface area contributed by atoms with Crippen LogP contribution in [-0.4, -0.2) is 30.7 Å². The summed E-state index contributed by atoms with van der Waals surface area (Å²) in [5.74, 6) is -0.533. The van der Waals surface area contributed by atoms with E-state index in [1.54, 1.807) is 0 Å². The minimum Gasteiger partial charge on any atom is -0.446 e. The topological polar surface area (TPSA) is 29.5 Å². The third kappa shape index (κ3) is 3.80. The van der Waals surface area contributed by atoms with Gasteiger partial charge in [-0.15, -0.1) is 0 Å². The number of rotatable bonds is 4. The molecule has 2 aromatic carbocycles. The number of nitrogens with zero attached hydrogens (tertiary/aromatic N) is 1. The molecule has 0 amide bonds. The Morgan fingerprint density at radius 2 is 1.57 bits per heavy atom. The Morgan fingerprint density at radius 3 is 2.09 bits per heavy atom. The van der Waals surface area contributed by atoms with Gasteiger partial charge in [0.2, 0.25) is 0 Å². The maximum Gasteiger partial charge on any atom is 0.319 e. The van der Waals surface area contributed by atoms with Gasteiger partial charge < -0.3 is 4.74 Å². The summed E-state index contributed by atoms with van der Waals surface area (Å²) in [6, 6.07) is 19.7. The zero-order chi connectivity index (χ0) is 16.1. The lowest BCUT2D eigenvalue weighted by atomic mass is 9.91. The van der Waals surface area contributed by atoms with Crippen molar-refractivity contribution in [1.82, 2.24) is 4.90 Å². The molecule has 2 aromatic rings. The molecular weight excluding hydrogens is 286 g/mol. The number of carbonyl (C=O) groups excluding carboxylic acids is 1. The predicted octanol–water partition coefficient (Wildman–Crippen LogP) is 3.80. The molecule has 120 valence electrons. The zero-order valence-corrected chi connectivity index (χ0v) is 13.5. The summed E-state index contributed by atoms with van der Waals surface area (Å²) in [6.07, 6.45) is 3.10. The minimum absolute atomic E-state index is 0.105. The summed E-state index contributed by atoms with van der Waals surface area (Å²) in [6.45, 7) is 0.985. The fourth-order valence-corrected chi connectivity index (χ4v) is 3.15. The smallest absolute Gasteiger partial charge is 0.319 e. The van der Waals surface area contributed by atoms with Gasteiger partial charge in [0.05, 0.1) is 0 Å². The highest BCUT2D eigenvalue weighted by Gasteiger charge is 2.29. The molecule has 3 nitrogen and oxygen atoms in total. The predicted molar refractivity (Wildman–Crippen MR) is 91.1 cm³/mol. The second-order valence-corrected chi connectivity index (χ2v) is 6.12. The van der Waals surface area contributed by atoms with E-state index in [-0.39, 0.29) is 18.1 Å². The first-order valence-electron chi connectivity index (χ1n) is 8.26. The molecule has 0 aromatic heterocycles. The first kappa shape index (κ1) is 15.8. The van der Waals surface area contributed by atoms with Crippen LogP contribution in [0.4, 0.5) is 0 Å². The molecule has 23 heavy (non-hydrogen) atoms. The van der Waals surface area contributed by atoms with E-state index < -0.39 is 0 Å². The Morgan fingerprint density at radius 1 is 1.00 bits per heavy atom. The Labute approximate surface area is 137 Å². The van der Waals surface area contributed by atoms with Gasteiger partial charge >= 0.3 is 5.97 Å². The van der Waals surface area contributed by atoms with Crippen LogP contribution in [0.2, 0.25) is 0 Å². The van der Waals surface area contributed by atoms with Crippen LogP contribution < -0.4 is 0 Å². The molecule has 1 aliphatic heterocycles. The Hall–Kier alpha value is -2.13. The summed E-state index contributed by atoms with van der Waals surface area (Å²) >= 11 is 0. The lowest BCUT2D eigenvalue weighted by Crippen LogP contribution is -2.40. The number of esters is 1. The first-order valence-corrected chi connectivity index (χ1v) is 8.26. The number of hydrogen-bond donors (Lipinski definition) is 0. The highest BCUT2D eigenvalue weighted by atomic mass is 16.6. The SMILES string of the molecule is CN1CCCCC1OC(=O)C(c1ccccc1)c1ccccc1. The second kappa shape index (κ2) is 7.42. The molecule has 1 fully saturated rings. The van der Waals surface area contributed by atoms with E-state index in [1.165, 1.54) is 6.42 Å². The Bertz CT molecular complexity index is 587. The average Bonchev–Trinajstić information content (AvgIpc) is 2.59. The van der Waals surface area contributed by atoms with E-state index in [4.69, 9.17) is 4.74 Å².